The number of amides is 2. The van der Waals surface area contributed by atoms with Crippen LogP contribution in [-0.4, -0.2) is 32.5 Å². The maximum absolute atomic E-state index is 12.2. The summed E-state index contributed by atoms with van der Waals surface area (Å²) in [5.41, 5.74) is 0.0118. The molecule has 1 aromatic rings. The number of benzene rings is 1. The van der Waals surface area contributed by atoms with E-state index in [1.807, 2.05) is 0 Å². The first-order valence-electron chi connectivity index (χ1n) is 5.84. The first kappa shape index (κ1) is 13.3. The topological polar surface area (TPSA) is 80.5 Å². The molecule has 1 saturated carbocycles. The Bertz CT molecular complexity index is 659. The molecule has 1 fully saturated rings. The average molecular weight is 315 g/mol. The van der Waals surface area contributed by atoms with Crippen molar-refractivity contribution in [2.24, 2.45) is 5.92 Å². The molecule has 0 radical (unpaired) electrons. The molecule has 20 heavy (non-hydrogen) atoms. The minimum Gasteiger partial charge on any atom is -0.274 e. The normalized spacial score (nSPS) is 22.9. The fraction of sp³-hybridized carbons (Fsp3) is 0.333. The van der Waals surface area contributed by atoms with Crippen LogP contribution >= 0.6 is 23.2 Å². The number of hydrogen-bond donors (Lipinski definition) is 0. The van der Waals surface area contributed by atoms with Gasteiger partial charge in [0, 0.05) is 24.6 Å². The van der Waals surface area contributed by atoms with Gasteiger partial charge in [0.2, 0.25) is 0 Å². The molecule has 1 aromatic carbocycles. The van der Waals surface area contributed by atoms with Gasteiger partial charge in [-0.1, -0.05) is 0 Å². The molecule has 3 rings (SSSR count). The van der Waals surface area contributed by atoms with E-state index in [2.05, 4.69) is 0 Å². The van der Waals surface area contributed by atoms with Crippen LogP contribution in [0.1, 0.15) is 27.1 Å². The van der Waals surface area contributed by atoms with Crippen LogP contribution < -0.4 is 0 Å². The molecule has 0 unspecified atom stereocenters. The standard InChI is InChI=1S/C12H8Cl2N2O4/c13-12(14)4-6(12)5-15-10(17)8-2-1-7(16(19)20)3-9(8)11(15)18/h1-3,6H,4-5H2/t6-/m1/s1. The Morgan fingerprint density at radius 2 is 1.90 bits per heavy atom. The number of hydrogen-bond acceptors (Lipinski definition) is 4. The summed E-state index contributed by atoms with van der Waals surface area (Å²) in [5.74, 6) is -1.15. The average Bonchev–Trinajstić information content (AvgIpc) is 2.93. The van der Waals surface area contributed by atoms with Crippen molar-refractivity contribution in [1.82, 2.24) is 4.90 Å². The number of nitro benzene ring substituents is 1. The third-order valence-electron chi connectivity index (χ3n) is 3.52. The van der Waals surface area contributed by atoms with Gasteiger partial charge in [-0.25, -0.2) is 0 Å². The predicted molar refractivity (Wildman–Crippen MR) is 71.0 cm³/mol. The minimum absolute atomic E-state index is 0.0552. The summed E-state index contributed by atoms with van der Waals surface area (Å²) in [6.45, 7) is 0.132. The number of nitro groups is 1. The lowest BCUT2D eigenvalue weighted by atomic mass is 10.1. The van der Waals surface area contributed by atoms with Gasteiger partial charge in [0.05, 0.1) is 16.1 Å². The van der Waals surface area contributed by atoms with Gasteiger partial charge in [-0.2, -0.15) is 0 Å². The molecule has 2 amide bonds. The summed E-state index contributed by atoms with van der Waals surface area (Å²) in [5, 5.41) is 10.7. The zero-order chi connectivity index (χ0) is 14.7. The zero-order valence-electron chi connectivity index (χ0n) is 10.0. The van der Waals surface area contributed by atoms with Gasteiger partial charge >= 0.3 is 0 Å². The van der Waals surface area contributed by atoms with E-state index in [-0.39, 0.29) is 29.3 Å². The number of alkyl halides is 2. The van der Waals surface area contributed by atoms with E-state index in [9.17, 15) is 19.7 Å². The Kier molecular flexibility index (Phi) is 2.78. The predicted octanol–water partition coefficient (Wildman–Crippen LogP) is 2.38. The summed E-state index contributed by atoms with van der Waals surface area (Å²) < 4.78 is -0.888. The molecular weight excluding hydrogens is 307 g/mol. The van der Waals surface area contributed by atoms with Gasteiger partial charge < -0.3 is 0 Å². The highest BCUT2D eigenvalue weighted by Crippen LogP contribution is 2.53. The molecule has 8 heteroatoms. The Morgan fingerprint density at radius 1 is 1.30 bits per heavy atom. The Hall–Kier alpha value is -1.66. The lowest BCUT2D eigenvalue weighted by Gasteiger charge is -2.13. The SMILES string of the molecule is O=C1c2ccc([N+](=O)[O-])cc2C(=O)N1C[C@H]1CC1(Cl)Cl. The Balaban J connectivity index is 1.90. The molecule has 1 aliphatic heterocycles. The number of nitrogens with zero attached hydrogens (tertiary/aromatic N) is 2. The van der Waals surface area contributed by atoms with Crippen LogP contribution in [0.5, 0.6) is 0 Å². The van der Waals surface area contributed by atoms with Crippen LogP contribution in [0.3, 0.4) is 0 Å². The second kappa shape index (κ2) is 4.17. The monoisotopic (exact) mass is 314 g/mol. The summed E-state index contributed by atoms with van der Waals surface area (Å²) in [6, 6.07) is 3.63. The molecule has 0 saturated heterocycles. The number of carbonyl (C=O) groups is 2. The van der Waals surface area contributed by atoms with E-state index < -0.39 is 21.1 Å². The summed E-state index contributed by atoms with van der Waals surface area (Å²) in [4.78, 5) is 35.4. The fourth-order valence-electron chi connectivity index (χ4n) is 2.25. The van der Waals surface area contributed by atoms with Crippen molar-refractivity contribution in [3.8, 4) is 0 Å². The molecule has 0 bridgehead atoms. The molecule has 0 spiro atoms. The number of non-ortho nitro benzene ring substituents is 1. The van der Waals surface area contributed by atoms with E-state index in [4.69, 9.17) is 23.2 Å². The number of halogens is 2. The number of imide groups is 1. The third kappa shape index (κ3) is 1.96. The van der Waals surface area contributed by atoms with E-state index in [1.54, 1.807) is 0 Å². The van der Waals surface area contributed by atoms with E-state index >= 15 is 0 Å². The first-order chi connectivity index (χ1) is 9.31. The van der Waals surface area contributed by atoms with Crippen LogP contribution in [0.2, 0.25) is 0 Å². The van der Waals surface area contributed by atoms with Crippen LogP contribution in [0.15, 0.2) is 18.2 Å². The van der Waals surface area contributed by atoms with Gasteiger partial charge in [-0.3, -0.25) is 24.6 Å². The van der Waals surface area contributed by atoms with Gasteiger partial charge in [0.25, 0.3) is 17.5 Å². The minimum atomic E-state index is -0.888. The van der Waals surface area contributed by atoms with Crippen molar-refractivity contribution >= 4 is 40.7 Å². The Morgan fingerprint density at radius 3 is 2.45 bits per heavy atom. The highest BCUT2D eigenvalue weighted by molar-refractivity contribution is 6.50. The quantitative estimate of drug-likeness (QED) is 0.371. The highest BCUT2D eigenvalue weighted by atomic mass is 35.5. The van der Waals surface area contributed by atoms with E-state index in [0.29, 0.717) is 6.42 Å². The second-order valence-electron chi connectivity index (χ2n) is 4.87. The largest absolute Gasteiger partial charge is 0.274 e. The fourth-order valence-corrected chi connectivity index (χ4v) is 2.76. The lowest BCUT2D eigenvalue weighted by Crippen LogP contribution is -2.32. The molecule has 0 N–H and O–H groups in total. The van der Waals surface area contributed by atoms with E-state index in [0.717, 1.165) is 11.0 Å². The molecule has 6 nitrogen and oxygen atoms in total. The maximum atomic E-state index is 12.2. The smallest absolute Gasteiger partial charge is 0.270 e. The molecule has 1 atom stereocenters. The summed E-state index contributed by atoms with van der Waals surface area (Å²) in [6.07, 6.45) is 0.518. The van der Waals surface area contributed by atoms with Gasteiger partial charge in [-0.15, -0.1) is 23.2 Å². The van der Waals surface area contributed by atoms with Crippen LogP contribution in [0, 0.1) is 16.0 Å². The maximum Gasteiger partial charge on any atom is 0.270 e. The van der Waals surface area contributed by atoms with Crippen molar-refractivity contribution < 1.29 is 14.5 Å². The number of carbonyl (C=O) groups excluding carboxylic acids is 2. The molecule has 1 aliphatic carbocycles. The molecular formula is C12H8Cl2N2O4. The molecule has 1 heterocycles. The van der Waals surface area contributed by atoms with Gasteiger partial charge in [0.1, 0.15) is 4.33 Å². The third-order valence-corrected chi connectivity index (χ3v) is 4.45. The van der Waals surface area contributed by atoms with E-state index in [1.165, 1.54) is 12.1 Å². The first-order valence-corrected chi connectivity index (χ1v) is 6.59. The molecule has 104 valence electrons. The van der Waals surface area contributed by atoms with Crippen LogP contribution in [-0.2, 0) is 0 Å². The Labute approximate surface area is 123 Å². The van der Waals surface area contributed by atoms with Crippen molar-refractivity contribution in [2.75, 3.05) is 6.54 Å². The van der Waals surface area contributed by atoms with Crippen LogP contribution in [0.25, 0.3) is 0 Å². The van der Waals surface area contributed by atoms with Crippen molar-refractivity contribution in [3.05, 3.63) is 39.4 Å². The highest BCUT2D eigenvalue weighted by Gasteiger charge is 2.54. The van der Waals surface area contributed by atoms with Gasteiger partial charge in [-0.05, 0) is 12.5 Å². The number of fused-ring (bicyclic) bond motifs is 1. The van der Waals surface area contributed by atoms with Crippen molar-refractivity contribution in [2.45, 2.75) is 10.8 Å². The van der Waals surface area contributed by atoms with Crippen LogP contribution in [0.4, 0.5) is 5.69 Å². The number of rotatable bonds is 3. The molecule has 2 aliphatic rings. The zero-order valence-corrected chi connectivity index (χ0v) is 11.5. The molecule has 0 aromatic heterocycles. The summed E-state index contributed by atoms with van der Waals surface area (Å²) >= 11 is 11.8. The van der Waals surface area contributed by atoms with Gasteiger partial charge in [0.15, 0.2) is 0 Å². The van der Waals surface area contributed by atoms with Crippen molar-refractivity contribution in [1.29, 1.82) is 0 Å². The second-order valence-corrected chi connectivity index (χ2v) is 6.41. The van der Waals surface area contributed by atoms with Crippen molar-refractivity contribution in [3.63, 3.8) is 0 Å². The lowest BCUT2D eigenvalue weighted by molar-refractivity contribution is -0.384. The summed E-state index contributed by atoms with van der Waals surface area (Å²) in [7, 11) is 0.